The fraction of sp³-hybridized carbons (Fsp3) is 0.405. The van der Waals surface area contributed by atoms with Gasteiger partial charge in [0.05, 0.1) is 28.9 Å². The molecule has 3 aromatic carbocycles. The van der Waals surface area contributed by atoms with E-state index >= 15 is 0 Å². The van der Waals surface area contributed by atoms with Crippen molar-refractivity contribution in [2.45, 2.75) is 57.6 Å². The van der Waals surface area contributed by atoms with E-state index < -0.39 is 11.7 Å². The standard InChI is InChI=1S/C37H44ClN5O4/c1-24(2)33-28-11-5-6-14-31(28)41-34(42-33)32-29(12-7-13-30(32)38)37(46,19-9-20-40-36(45)47-4)27-10-8-21-43(23-27)35(44)26-17-15-25(16-18-26)22-39-3/h5-7,11-18,24,27,39,46H,8-10,19-23H2,1-4H3,(H,40,45). The SMILES string of the molecule is CNCc1ccc(C(=O)N2CCCC(C(O)(CCCNC(=O)OC)c3cccc(Cl)c3-c3nc(C(C)C)c4ccccc4n3)C2)cc1. The minimum Gasteiger partial charge on any atom is -0.453 e. The summed E-state index contributed by atoms with van der Waals surface area (Å²) in [7, 11) is 3.21. The van der Waals surface area contributed by atoms with Crippen molar-refractivity contribution in [3.05, 3.63) is 94.1 Å². The van der Waals surface area contributed by atoms with Crippen LogP contribution >= 0.6 is 11.6 Å². The third-order valence-electron chi connectivity index (χ3n) is 9.04. The fourth-order valence-corrected chi connectivity index (χ4v) is 6.91. The number of likely N-dealkylation sites (tertiary alicyclic amines) is 1. The van der Waals surface area contributed by atoms with E-state index in [4.69, 9.17) is 26.3 Å². The van der Waals surface area contributed by atoms with Gasteiger partial charge >= 0.3 is 6.09 Å². The van der Waals surface area contributed by atoms with Crippen LogP contribution in [0.25, 0.3) is 22.3 Å². The second-order valence-electron chi connectivity index (χ2n) is 12.5. The molecule has 0 saturated carbocycles. The molecule has 1 aliphatic rings. The fourth-order valence-electron chi connectivity index (χ4n) is 6.65. The molecule has 1 aromatic heterocycles. The number of hydrogen-bond acceptors (Lipinski definition) is 7. The third kappa shape index (κ3) is 7.59. The molecular formula is C37H44ClN5O4. The zero-order valence-corrected chi connectivity index (χ0v) is 28.3. The number of carbonyl (C=O) groups is 2. The number of nitrogens with one attached hydrogen (secondary N) is 2. The van der Waals surface area contributed by atoms with Crippen molar-refractivity contribution in [2.75, 3.05) is 33.8 Å². The van der Waals surface area contributed by atoms with Crippen LogP contribution in [0.4, 0.5) is 4.79 Å². The predicted molar refractivity (Wildman–Crippen MR) is 185 cm³/mol. The Hall–Kier alpha value is -4.05. The topological polar surface area (TPSA) is 117 Å². The van der Waals surface area contributed by atoms with Crippen LogP contribution in [0.15, 0.2) is 66.7 Å². The van der Waals surface area contributed by atoms with Crippen LogP contribution in [-0.2, 0) is 16.9 Å². The Balaban J connectivity index is 1.55. The van der Waals surface area contributed by atoms with Crippen LogP contribution in [0, 0.1) is 5.92 Å². The number of halogens is 1. The summed E-state index contributed by atoms with van der Waals surface area (Å²) in [4.78, 5) is 37.4. The zero-order valence-electron chi connectivity index (χ0n) is 27.6. The van der Waals surface area contributed by atoms with Gasteiger partial charge in [-0.25, -0.2) is 14.8 Å². The number of hydrogen-bond donors (Lipinski definition) is 3. The quantitative estimate of drug-likeness (QED) is 0.154. The van der Waals surface area contributed by atoms with Gasteiger partial charge in [0.25, 0.3) is 5.91 Å². The molecule has 0 bridgehead atoms. The van der Waals surface area contributed by atoms with E-state index in [1.165, 1.54) is 7.11 Å². The Morgan fingerprint density at radius 3 is 2.57 bits per heavy atom. The van der Waals surface area contributed by atoms with Crippen molar-refractivity contribution >= 4 is 34.5 Å². The molecule has 1 saturated heterocycles. The van der Waals surface area contributed by atoms with E-state index in [1.54, 1.807) is 6.07 Å². The number of nitrogens with zero attached hydrogens (tertiary/aromatic N) is 3. The van der Waals surface area contributed by atoms with Gasteiger partial charge < -0.3 is 25.4 Å². The first-order valence-corrected chi connectivity index (χ1v) is 16.7. The highest BCUT2D eigenvalue weighted by Gasteiger charge is 2.43. The van der Waals surface area contributed by atoms with Crippen LogP contribution < -0.4 is 10.6 Å². The Morgan fingerprint density at radius 1 is 1.09 bits per heavy atom. The molecule has 0 spiro atoms. The average molecular weight is 658 g/mol. The minimum absolute atomic E-state index is 0.0637. The zero-order chi connectivity index (χ0) is 33.6. The molecule has 0 radical (unpaired) electrons. The number of alkyl carbamates (subject to hydrolysis) is 1. The summed E-state index contributed by atoms with van der Waals surface area (Å²) in [6.45, 7) is 6.18. The molecule has 5 rings (SSSR count). The number of carbonyl (C=O) groups excluding carboxylic acids is 2. The highest BCUT2D eigenvalue weighted by molar-refractivity contribution is 6.33. The summed E-state index contributed by atoms with van der Waals surface area (Å²) >= 11 is 6.97. The molecule has 1 fully saturated rings. The summed E-state index contributed by atoms with van der Waals surface area (Å²) in [5.74, 6) is 0.195. The van der Waals surface area contributed by atoms with Crippen LogP contribution in [0.2, 0.25) is 5.02 Å². The van der Waals surface area contributed by atoms with Crippen molar-refractivity contribution in [1.82, 2.24) is 25.5 Å². The van der Waals surface area contributed by atoms with Gasteiger partial charge in [0, 0.05) is 48.6 Å². The first-order chi connectivity index (χ1) is 22.7. The lowest BCUT2D eigenvalue weighted by molar-refractivity contribution is -0.0563. The molecule has 47 heavy (non-hydrogen) atoms. The highest BCUT2D eigenvalue weighted by atomic mass is 35.5. The number of aliphatic hydroxyl groups is 1. The molecule has 2 heterocycles. The largest absolute Gasteiger partial charge is 0.453 e. The normalized spacial score (nSPS) is 16.2. The maximum absolute atomic E-state index is 13.7. The molecule has 2 unspecified atom stereocenters. The third-order valence-corrected chi connectivity index (χ3v) is 9.35. The number of piperidine rings is 1. The van der Waals surface area contributed by atoms with Gasteiger partial charge in [-0.3, -0.25) is 4.79 Å². The molecule has 10 heteroatoms. The summed E-state index contributed by atoms with van der Waals surface area (Å²) in [6.07, 6.45) is 1.67. The molecule has 248 valence electrons. The van der Waals surface area contributed by atoms with E-state index in [-0.39, 0.29) is 17.7 Å². The van der Waals surface area contributed by atoms with Gasteiger partial charge in [0.15, 0.2) is 5.82 Å². The number of rotatable bonds is 11. The van der Waals surface area contributed by atoms with E-state index in [0.717, 1.165) is 35.1 Å². The second-order valence-corrected chi connectivity index (χ2v) is 12.9. The van der Waals surface area contributed by atoms with Crippen LogP contribution in [-0.4, -0.2) is 65.8 Å². The lowest BCUT2D eigenvalue weighted by Crippen LogP contribution is -2.48. The van der Waals surface area contributed by atoms with E-state index in [2.05, 4.69) is 24.5 Å². The van der Waals surface area contributed by atoms with Gasteiger partial charge in [-0.05, 0) is 74.0 Å². The lowest BCUT2D eigenvalue weighted by atomic mass is 9.72. The van der Waals surface area contributed by atoms with Gasteiger partial charge in [0.1, 0.15) is 0 Å². The average Bonchev–Trinajstić information content (AvgIpc) is 3.09. The molecule has 0 aliphatic carbocycles. The van der Waals surface area contributed by atoms with E-state index in [1.807, 2.05) is 72.6 Å². The lowest BCUT2D eigenvalue weighted by Gasteiger charge is -2.43. The first kappa shape index (κ1) is 34.3. The molecule has 9 nitrogen and oxygen atoms in total. The highest BCUT2D eigenvalue weighted by Crippen LogP contribution is 2.45. The number of aromatic nitrogens is 2. The van der Waals surface area contributed by atoms with Crippen LogP contribution in [0.5, 0.6) is 0 Å². The molecular weight excluding hydrogens is 614 g/mol. The summed E-state index contributed by atoms with van der Waals surface area (Å²) in [5, 5.41) is 20.2. The Morgan fingerprint density at radius 2 is 1.85 bits per heavy atom. The van der Waals surface area contributed by atoms with Gasteiger partial charge in [-0.15, -0.1) is 0 Å². The maximum atomic E-state index is 13.7. The summed E-state index contributed by atoms with van der Waals surface area (Å²) in [5.41, 5.74) is 3.19. The predicted octanol–water partition coefficient (Wildman–Crippen LogP) is 6.67. The first-order valence-electron chi connectivity index (χ1n) is 16.3. The molecule has 4 aromatic rings. The van der Waals surface area contributed by atoms with Crippen molar-refractivity contribution < 1.29 is 19.4 Å². The monoisotopic (exact) mass is 657 g/mol. The summed E-state index contributed by atoms with van der Waals surface area (Å²) in [6, 6.07) is 21.1. The number of benzene rings is 3. The number of methoxy groups -OCH3 is 1. The smallest absolute Gasteiger partial charge is 0.406 e. The Labute approximate surface area is 281 Å². The molecule has 2 amide bonds. The van der Waals surface area contributed by atoms with E-state index in [9.17, 15) is 14.7 Å². The maximum Gasteiger partial charge on any atom is 0.406 e. The number of fused-ring (bicyclic) bond motifs is 1. The van der Waals surface area contributed by atoms with Crippen LogP contribution in [0.3, 0.4) is 0 Å². The molecule has 3 N–H and O–H groups in total. The van der Waals surface area contributed by atoms with E-state index in [0.29, 0.717) is 66.4 Å². The Bertz CT molecular complexity index is 1710. The number of ether oxygens (including phenoxy) is 1. The second kappa shape index (κ2) is 15.2. The molecule has 1 aliphatic heterocycles. The van der Waals surface area contributed by atoms with Crippen LogP contribution in [0.1, 0.15) is 72.6 Å². The van der Waals surface area contributed by atoms with Crippen molar-refractivity contribution in [3.8, 4) is 11.4 Å². The van der Waals surface area contributed by atoms with Gasteiger partial charge in [-0.1, -0.05) is 67.9 Å². The van der Waals surface area contributed by atoms with Gasteiger partial charge in [0.2, 0.25) is 0 Å². The number of amides is 2. The van der Waals surface area contributed by atoms with Crippen molar-refractivity contribution in [2.24, 2.45) is 5.92 Å². The number of para-hydroxylation sites is 1. The Kier molecular flexibility index (Phi) is 11.1. The molecule has 2 atom stereocenters. The van der Waals surface area contributed by atoms with Gasteiger partial charge in [-0.2, -0.15) is 0 Å². The van der Waals surface area contributed by atoms with Crippen molar-refractivity contribution in [3.63, 3.8) is 0 Å². The minimum atomic E-state index is -1.42. The van der Waals surface area contributed by atoms with Crippen molar-refractivity contribution in [1.29, 1.82) is 0 Å². The summed E-state index contributed by atoms with van der Waals surface area (Å²) < 4.78 is 4.75.